The van der Waals surface area contributed by atoms with Crippen LogP contribution in [-0.2, 0) is 11.3 Å². The van der Waals surface area contributed by atoms with Gasteiger partial charge in [0, 0.05) is 19.1 Å². The minimum atomic E-state index is -0.0682. The van der Waals surface area contributed by atoms with Crippen molar-refractivity contribution in [1.82, 2.24) is 0 Å². The molecule has 2 aromatic rings. The first-order valence-corrected chi connectivity index (χ1v) is 8.30. The van der Waals surface area contributed by atoms with Gasteiger partial charge in [-0.15, -0.1) is 0 Å². The van der Waals surface area contributed by atoms with Crippen LogP contribution in [0.15, 0.2) is 70.9 Å². The number of ether oxygens (including phenoxy) is 1. The summed E-state index contributed by atoms with van der Waals surface area (Å²) < 4.78 is 5.15. The minimum absolute atomic E-state index is 0.00956. The van der Waals surface area contributed by atoms with Gasteiger partial charge < -0.3 is 9.84 Å². The van der Waals surface area contributed by atoms with Gasteiger partial charge in [-0.05, 0) is 29.2 Å². The van der Waals surface area contributed by atoms with Gasteiger partial charge in [0.1, 0.15) is 11.5 Å². The summed E-state index contributed by atoms with van der Waals surface area (Å²) in [5, 5.41) is 10.3. The molecule has 0 aliphatic heterocycles. The van der Waals surface area contributed by atoms with E-state index in [-0.39, 0.29) is 17.5 Å². The number of allylic oxidation sites excluding steroid dienone is 2. The third-order valence-corrected chi connectivity index (χ3v) is 4.41. The van der Waals surface area contributed by atoms with E-state index in [1.165, 1.54) is 6.21 Å². The molecule has 0 saturated carbocycles. The summed E-state index contributed by atoms with van der Waals surface area (Å²) in [4.78, 5) is 16.7. The summed E-state index contributed by atoms with van der Waals surface area (Å²) in [7, 11) is 1.62. The average molecular weight is 335 g/mol. The van der Waals surface area contributed by atoms with Gasteiger partial charge in [0.2, 0.25) is 0 Å². The van der Waals surface area contributed by atoms with Crippen molar-refractivity contribution in [2.24, 2.45) is 4.99 Å². The number of aliphatic hydroxyl groups is 1. The Labute approximate surface area is 147 Å². The van der Waals surface area contributed by atoms with E-state index < -0.39 is 0 Å². The molecule has 4 nitrogen and oxygen atoms in total. The smallest absolute Gasteiger partial charge is 0.168 e. The van der Waals surface area contributed by atoms with E-state index in [1.807, 2.05) is 54.6 Å². The number of ketones is 1. The number of nitrogens with zero attached hydrogens (tertiary/aromatic N) is 1. The largest absolute Gasteiger partial charge is 0.511 e. The third kappa shape index (κ3) is 4.15. The van der Waals surface area contributed by atoms with Crippen LogP contribution >= 0.6 is 0 Å². The first kappa shape index (κ1) is 17.0. The van der Waals surface area contributed by atoms with E-state index in [0.29, 0.717) is 25.0 Å². The number of carbonyl (C=O) groups is 1. The van der Waals surface area contributed by atoms with Crippen molar-refractivity contribution in [2.75, 3.05) is 7.11 Å². The van der Waals surface area contributed by atoms with E-state index in [2.05, 4.69) is 4.99 Å². The molecule has 1 atom stereocenters. The fourth-order valence-corrected chi connectivity index (χ4v) is 2.99. The predicted octanol–water partition coefficient (Wildman–Crippen LogP) is 4.22. The van der Waals surface area contributed by atoms with Crippen molar-refractivity contribution in [2.45, 2.75) is 25.3 Å². The molecule has 1 aliphatic carbocycles. The molecule has 0 saturated heterocycles. The van der Waals surface area contributed by atoms with Crippen LogP contribution in [0.25, 0.3) is 0 Å². The number of hydrogen-bond acceptors (Lipinski definition) is 4. The Bertz CT molecular complexity index is 792. The zero-order valence-corrected chi connectivity index (χ0v) is 14.2. The molecule has 0 spiro atoms. The Morgan fingerprint density at radius 2 is 1.84 bits per heavy atom. The molecule has 1 N–H and O–H groups in total. The van der Waals surface area contributed by atoms with E-state index in [0.717, 1.165) is 16.9 Å². The topological polar surface area (TPSA) is 58.9 Å². The fourth-order valence-electron chi connectivity index (χ4n) is 2.99. The molecule has 0 fully saturated rings. The molecular formula is C21H21NO3. The van der Waals surface area contributed by atoms with Gasteiger partial charge in [-0.2, -0.15) is 0 Å². The fraction of sp³-hybridized carbons (Fsp3) is 0.238. The quantitative estimate of drug-likeness (QED) is 0.832. The highest BCUT2D eigenvalue weighted by molar-refractivity contribution is 6.14. The van der Waals surface area contributed by atoms with Gasteiger partial charge in [0.25, 0.3) is 0 Å². The van der Waals surface area contributed by atoms with E-state index in [9.17, 15) is 9.90 Å². The maximum Gasteiger partial charge on any atom is 0.168 e. The summed E-state index contributed by atoms with van der Waals surface area (Å²) in [6, 6.07) is 17.4. The number of benzene rings is 2. The lowest BCUT2D eigenvalue weighted by molar-refractivity contribution is -0.116. The van der Waals surface area contributed by atoms with Gasteiger partial charge in [-0.25, -0.2) is 0 Å². The Morgan fingerprint density at radius 1 is 1.12 bits per heavy atom. The van der Waals surface area contributed by atoms with Crippen molar-refractivity contribution in [3.63, 3.8) is 0 Å². The van der Waals surface area contributed by atoms with E-state index in [1.54, 1.807) is 7.11 Å². The molecular weight excluding hydrogens is 314 g/mol. The number of rotatable bonds is 5. The summed E-state index contributed by atoms with van der Waals surface area (Å²) in [6.07, 6.45) is 2.34. The summed E-state index contributed by atoms with van der Waals surface area (Å²) >= 11 is 0. The molecule has 3 rings (SSSR count). The summed E-state index contributed by atoms with van der Waals surface area (Å²) in [5.41, 5.74) is 2.43. The van der Waals surface area contributed by atoms with Gasteiger partial charge in [-0.1, -0.05) is 42.5 Å². The van der Waals surface area contributed by atoms with Crippen molar-refractivity contribution in [1.29, 1.82) is 0 Å². The number of aliphatic imine (C=N–C) groups is 1. The normalized spacial score (nSPS) is 18.0. The van der Waals surface area contributed by atoms with Crippen LogP contribution in [0.4, 0.5) is 0 Å². The van der Waals surface area contributed by atoms with E-state index in [4.69, 9.17) is 4.74 Å². The molecule has 25 heavy (non-hydrogen) atoms. The number of methoxy groups -OCH3 is 1. The van der Waals surface area contributed by atoms with Crippen molar-refractivity contribution >= 4 is 12.0 Å². The zero-order chi connectivity index (χ0) is 17.6. The molecule has 0 radical (unpaired) electrons. The molecule has 0 amide bonds. The van der Waals surface area contributed by atoms with Gasteiger partial charge in [-0.3, -0.25) is 9.79 Å². The highest BCUT2D eigenvalue weighted by Gasteiger charge is 2.27. The summed E-state index contributed by atoms with van der Waals surface area (Å²) in [5.74, 6) is 0.819. The molecule has 0 heterocycles. The number of aliphatic hydroxyl groups excluding tert-OH is 1. The first-order valence-electron chi connectivity index (χ1n) is 8.30. The lowest BCUT2D eigenvalue weighted by Gasteiger charge is -2.22. The maximum atomic E-state index is 12.4. The SMILES string of the molecule is COc1ccc(C2CC(=O)C(C=NCc3ccccc3)=C(O)C2)cc1. The minimum Gasteiger partial charge on any atom is -0.511 e. The average Bonchev–Trinajstić information content (AvgIpc) is 2.65. The Morgan fingerprint density at radius 3 is 2.48 bits per heavy atom. The Hall–Kier alpha value is -2.88. The predicted molar refractivity (Wildman–Crippen MR) is 98.3 cm³/mol. The lowest BCUT2D eigenvalue weighted by atomic mass is 9.83. The Balaban J connectivity index is 1.70. The third-order valence-electron chi connectivity index (χ3n) is 4.41. The van der Waals surface area contributed by atoms with Crippen LogP contribution in [0.2, 0.25) is 0 Å². The molecule has 1 aliphatic rings. The maximum absolute atomic E-state index is 12.4. The molecule has 0 aromatic heterocycles. The van der Waals surface area contributed by atoms with Crippen LogP contribution in [0.3, 0.4) is 0 Å². The lowest BCUT2D eigenvalue weighted by Crippen LogP contribution is -2.19. The van der Waals surface area contributed by atoms with Crippen molar-refractivity contribution < 1.29 is 14.6 Å². The van der Waals surface area contributed by atoms with Gasteiger partial charge in [0.05, 0.1) is 19.2 Å². The highest BCUT2D eigenvalue weighted by Crippen LogP contribution is 2.33. The van der Waals surface area contributed by atoms with Crippen LogP contribution in [0.5, 0.6) is 5.75 Å². The van der Waals surface area contributed by atoms with Gasteiger partial charge >= 0.3 is 0 Å². The standard InChI is InChI=1S/C21H21NO3/c1-25-18-9-7-16(8-10-18)17-11-20(23)19(21(24)12-17)14-22-13-15-5-3-2-4-6-15/h2-10,14,17,23H,11-13H2,1H3. The van der Waals surface area contributed by atoms with Crippen LogP contribution in [-0.4, -0.2) is 24.2 Å². The van der Waals surface area contributed by atoms with Crippen LogP contribution < -0.4 is 4.74 Å². The Kier molecular flexibility index (Phi) is 5.29. The molecule has 4 heteroatoms. The van der Waals surface area contributed by atoms with Crippen LogP contribution in [0, 0.1) is 0 Å². The number of hydrogen-bond donors (Lipinski definition) is 1. The number of Topliss-reactive ketones (excluding diaryl/α,β-unsaturated/α-hetero) is 1. The molecule has 0 bridgehead atoms. The molecule has 2 aromatic carbocycles. The van der Waals surface area contributed by atoms with Crippen molar-refractivity contribution in [3.05, 3.63) is 77.1 Å². The van der Waals surface area contributed by atoms with E-state index >= 15 is 0 Å². The molecule has 1 unspecified atom stereocenters. The molecule has 128 valence electrons. The monoisotopic (exact) mass is 335 g/mol. The second-order valence-corrected chi connectivity index (χ2v) is 6.12. The van der Waals surface area contributed by atoms with Crippen molar-refractivity contribution in [3.8, 4) is 5.75 Å². The second kappa shape index (κ2) is 7.79. The highest BCUT2D eigenvalue weighted by atomic mass is 16.5. The second-order valence-electron chi connectivity index (χ2n) is 6.12. The van der Waals surface area contributed by atoms with Gasteiger partial charge in [0.15, 0.2) is 5.78 Å². The number of carbonyl (C=O) groups excluding carboxylic acids is 1. The zero-order valence-electron chi connectivity index (χ0n) is 14.2. The van der Waals surface area contributed by atoms with Crippen LogP contribution in [0.1, 0.15) is 29.9 Å². The first-order chi connectivity index (χ1) is 12.2. The summed E-state index contributed by atoms with van der Waals surface area (Å²) in [6.45, 7) is 0.493.